The molecule has 0 radical (unpaired) electrons. The Morgan fingerprint density at radius 2 is 1.93 bits per heavy atom. The first-order chi connectivity index (χ1) is 6.90. The fraction of sp³-hybridized carbons (Fsp3) is 0.0909. The summed E-state index contributed by atoms with van der Waals surface area (Å²) >= 11 is 0. The van der Waals surface area contributed by atoms with Gasteiger partial charge < -0.3 is 5.73 Å². The van der Waals surface area contributed by atoms with Crippen LogP contribution in [0.4, 0.5) is 0 Å². The van der Waals surface area contributed by atoms with Crippen molar-refractivity contribution in [2.75, 3.05) is 0 Å². The molecular weight excluding hydrogens is 174 g/mol. The Balaban J connectivity index is 2.34. The lowest BCUT2D eigenvalue weighted by atomic mass is 10.1. The first kappa shape index (κ1) is 8.84. The van der Waals surface area contributed by atoms with E-state index in [9.17, 15) is 0 Å². The van der Waals surface area contributed by atoms with Crippen molar-refractivity contribution in [2.45, 2.75) is 6.54 Å². The molecule has 0 saturated heterocycles. The van der Waals surface area contributed by atoms with Crippen LogP contribution in [0, 0.1) is 0 Å². The molecule has 3 heteroatoms. The predicted molar refractivity (Wildman–Crippen MR) is 55.4 cm³/mol. The van der Waals surface area contributed by atoms with Crippen LogP contribution in [0.5, 0.6) is 0 Å². The van der Waals surface area contributed by atoms with Gasteiger partial charge in [0.15, 0.2) is 0 Å². The number of pyridine rings is 2. The minimum absolute atomic E-state index is 0.479. The molecule has 0 aromatic carbocycles. The van der Waals surface area contributed by atoms with Gasteiger partial charge in [-0.05, 0) is 12.1 Å². The van der Waals surface area contributed by atoms with Crippen molar-refractivity contribution >= 4 is 0 Å². The van der Waals surface area contributed by atoms with E-state index < -0.39 is 0 Å². The van der Waals surface area contributed by atoms with Crippen LogP contribution in [0.25, 0.3) is 11.1 Å². The first-order valence-corrected chi connectivity index (χ1v) is 4.45. The molecule has 0 fully saturated rings. The average Bonchev–Trinajstić information content (AvgIpc) is 2.30. The van der Waals surface area contributed by atoms with E-state index in [4.69, 9.17) is 5.73 Å². The molecule has 0 unspecified atom stereocenters. The molecule has 0 aliphatic rings. The third kappa shape index (κ3) is 1.78. The number of aromatic nitrogens is 2. The van der Waals surface area contributed by atoms with Crippen molar-refractivity contribution < 1.29 is 0 Å². The van der Waals surface area contributed by atoms with Gasteiger partial charge in [-0.15, -0.1) is 0 Å². The molecule has 2 N–H and O–H groups in total. The van der Waals surface area contributed by atoms with E-state index in [1.165, 1.54) is 0 Å². The maximum absolute atomic E-state index is 5.46. The predicted octanol–water partition coefficient (Wildman–Crippen LogP) is 1.60. The Labute approximate surface area is 82.6 Å². The fourth-order valence-electron chi connectivity index (χ4n) is 1.25. The van der Waals surface area contributed by atoms with Gasteiger partial charge in [0.05, 0.1) is 5.69 Å². The molecule has 0 saturated carbocycles. The van der Waals surface area contributed by atoms with Crippen LogP contribution in [-0.2, 0) is 6.54 Å². The number of hydrogen-bond acceptors (Lipinski definition) is 3. The smallest absolute Gasteiger partial charge is 0.0539 e. The van der Waals surface area contributed by atoms with Gasteiger partial charge >= 0.3 is 0 Å². The Morgan fingerprint density at radius 3 is 2.50 bits per heavy atom. The second-order valence-electron chi connectivity index (χ2n) is 2.98. The summed E-state index contributed by atoms with van der Waals surface area (Å²) in [6.07, 6.45) is 5.39. The van der Waals surface area contributed by atoms with Gasteiger partial charge in [-0.25, -0.2) is 0 Å². The zero-order chi connectivity index (χ0) is 9.80. The van der Waals surface area contributed by atoms with Crippen LogP contribution >= 0.6 is 0 Å². The van der Waals surface area contributed by atoms with E-state index in [-0.39, 0.29) is 0 Å². The number of nitrogens with two attached hydrogens (primary N) is 1. The summed E-state index contributed by atoms with van der Waals surface area (Å²) in [5.41, 5.74) is 8.50. The normalized spacial score (nSPS) is 10.1. The number of hydrogen-bond donors (Lipinski definition) is 1. The highest BCUT2D eigenvalue weighted by Gasteiger charge is 1.97. The molecular formula is C11H11N3. The summed E-state index contributed by atoms with van der Waals surface area (Å²) in [5.74, 6) is 0. The van der Waals surface area contributed by atoms with Crippen molar-refractivity contribution in [3.8, 4) is 11.1 Å². The van der Waals surface area contributed by atoms with Crippen LogP contribution < -0.4 is 5.73 Å². The molecule has 14 heavy (non-hydrogen) atoms. The second-order valence-corrected chi connectivity index (χ2v) is 2.98. The van der Waals surface area contributed by atoms with E-state index in [2.05, 4.69) is 9.97 Å². The molecule has 2 aromatic heterocycles. The lowest BCUT2D eigenvalue weighted by Gasteiger charge is -2.00. The largest absolute Gasteiger partial charge is 0.325 e. The zero-order valence-corrected chi connectivity index (χ0v) is 7.72. The van der Waals surface area contributed by atoms with Crippen molar-refractivity contribution in [2.24, 2.45) is 5.73 Å². The molecule has 0 bridgehead atoms. The van der Waals surface area contributed by atoms with Gasteiger partial charge in [-0.2, -0.15) is 0 Å². The Morgan fingerprint density at radius 1 is 1.07 bits per heavy atom. The monoisotopic (exact) mass is 185 g/mol. The third-order valence-corrected chi connectivity index (χ3v) is 2.03. The van der Waals surface area contributed by atoms with Gasteiger partial charge in [0.2, 0.25) is 0 Å². The van der Waals surface area contributed by atoms with E-state index in [1.807, 2.05) is 36.7 Å². The molecule has 2 heterocycles. The quantitative estimate of drug-likeness (QED) is 0.773. The first-order valence-electron chi connectivity index (χ1n) is 4.45. The lowest BCUT2D eigenvalue weighted by molar-refractivity contribution is 0.991. The van der Waals surface area contributed by atoms with Crippen LogP contribution in [0.2, 0.25) is 0 Å². The summed E-state index contributed by atoms with van der Waals surface area (Å²) in [6.45, 7) is 0.479. The Hall–Kier alpha value is -1.74. The van der Waals surface area contributed by atoms with Crippen LogP contribution in [0.3, 0.4) is 0 Å². The van der Waals surface area contributed by atoms with Crippen molar-refractivity contribution in [1.82, 2.24) is 9.97 Å². The van der Waals surface area contributed by atoms with Gasteiger partial charge in [-0.3, -0.25) is 9.97 Å². The van der Waals surface area contributed by atoms with E-state index >= 15 is 0 Å². The Kier molecular flexibility index (Phi) is 2.51. The van der Waals surface area contributed by atoms with Crippen LogP contribution in [0.1, 0.15) is 5.69 Å². The lowest BCUT2D eigenvalue weighted by Crippen LogP contribution is -1.98. The SMILES string of the molecule is NCc1ccc(-c2cccnc2)cn1. The minimum atomic E-state index is 0.479. The van der Waals surface area contributed by atoms with Crippen molar-refractivity contribution in [1.29, 1.82) is 0 Å². The van der Waals surface area contributed by atoms with Gasteiger partial charge in [-0.1, -0.05) is 12.1 Å². The minimum Gasteiger partial charge on any atom is -0.325 e. The Bertz CT molecular complexity index is 395. The van der Waals surface area contributed by atoms with Gasteiger partial charge in [0.1, 0.15) is 0 Å². The molecule has 0 atom stereocenters. The molecule has 70 valence electrons. The molecule has 0 spiro atoms. The summed E-state index contributed by atoms with van der Waals surface area (Å²) in [7, 11) is 0. The average molecular weight is 185 g/mol. The second kappa shape index (κ2) is 3.98. The summed E-state index contributed by atoms with van der Waals surface area (Å²) in [6, 6.07) is 7.85. The third-order valence-electron chi connectivity index (χ3n) is 2.03. The molecule has 0 aliphatic heterocycles. The topological polar surface area (TPSA) is 51.8 Å². The fourth-order valence-corrected chi connectivity index (χ4v) is 1.25. The van der Waals surface area contributed by atoms with Crippen molar-refractivity contribution in [3.63, 3.8) is 0 Å². The van der Waals surface area contributed by atoms with Gasteiger partial charge in [0, 0.05) is 36.3 Å². The van der Waals surface area contributed by atoms with Gasteiger partial charge in [0.25, 0.3) is 0 Å². The van der Waals surface area contributed by atoms with Crippen LogP contribution in [0.15, 0.2) is 42.9 Å². The summed E-state index contributed by atoms with van der Waals surface area (Å²) < 4.78 is 0. The maximum atomic E-state index is 5.46. The molecule has 0 aliphatic carbocycles. The molecule has 3 nitrogen and oxygen atoms in total. The number of nitrogens with zero attached hydrogens (tertiary/aromatic N) is 2. The van der Waals surface area contributed by atoms with E-state index in [0.29, 0.717) is 6.54 Å². The standard InChI is InChI=1S/C11H11N3/c12-6-11-4-3-10(8-14-11)9-2-1-5-13-7-9/h1-5,7-8H,6,12H2. The highest BCUT2D eigenvalue weighted by atomic mass is 14.7. The summed E-state index contributed by atoms with van der Waals surface area (Å²) in [5, 5.41) is 0. The zero-order valence-electron chi connectivity index (χ0n) is 7.72. The highest BCUT2D eigenvalue weighted by Crippen LogP contribution is 2.16. The highest BCUT2D eigenvalue weighted by molar-refractivity contribution is 5.60. The maximum Gasteiger partial charge on any atom is 0.0539 e. The molecule has 2 aromatic rings. The molecule has 0 amide bonds. The van der Waals surface area contributed by atoms with E-state index in [1.54, 1.807) is 6.20 Å². The number of rotatable bonds is 2. The molecule has 2 rings (SSSR count). The van der Waals surface area contributed by atoms with Crippen molar-refractivity contribution in [3.05, 3.63) is 48.5 Å². The summed E-state index contributed by atoms with van der Waals surface area (Å²) in [4.78, 5) is 8.27. The van der Waals surface area contributed by atoms with Crippen LogP contribution in [-0.4, -0.2) is 9.97 Å². The van der Waals surface area contributed by atoms with E-state index in [0.717, 1.165) is 16.8 Å².